The number of amides is 2. The van der Waals surface area contributed by atoms with Crippen molar-refractivity contribution in [2.24, 2.45) is 0 Å². The highest BCUT2D eigenvalue weighted by Crippen LogP contribution is 2.13. The molecule has 0 aliphatic rings. The number of carbonyl (C=O) groups is 2. The molecular weight excluding hydrogens is 278 g/mol. The van der Waals surface area contributed by atoms with Crippen molar-refractivity contribution in [3.05, 3.63) is 59.4 Å². The zero-order valence-corrected chi connectivity index (χ0v) is 12.9. The van der Waals surface area contributed by atoms with Crippen LogP contribution in [0.1, 0.15) is 40.1 Å². The number of nitrogens with one attached hydrogen (secondary N) is 2. The highest BCUT2D eigenvalue weighted by atomic mass is 16.2. The average Bonchev–Trinajstić information content (AvgIpc) is 2.47. The molecule has 0 atom stereocenters. The number of aryl methyl sites for hydroxylation is 1. The number of nitrogens with zero attached hydrogens (tertiary/aromatic N) is 1. The van der Waals surface area contributed by atoms with E-state index < -0.39 is 0 Å². The first-order valence-corrected chi connectivity index (χ1v) is 7.10. The van der Waals surface area contributed by atoms with Crippen LogP contribution in [0.2, 0.25) is 0 Å². The van der Waals surface area contributed by atoms with Crippen molar-refractivity contribution in [2.75, 3.05) is 5.32 Å². The molecule has 0 aliphatic heterocycles. The molecule has 1 heterocycles. The maximum absolute atomic E-state index is 12.2. The first-order valence-electron chi connectivity index (χ1n) is 7.10. The summed E-state index contributed by atoms with van der Waals surface area (Å²) in [4.78, 5) is 28.0. The second kappa shape index (κ2) is 6.85. The Labute approximate surface area is 129 Å². The van der Waals surface area contributed by atoms with Crippen molar-refractivity contribution in [3.63, 3.8) is 0 Å². The third kappa shape index (κ3) is 3.91. The van der Waals surface area contributed by atoms with Crippen LogP contribution in [0.15, 0.2) is 42.7 Å². The van der Waals surface area contributed by atoms with Crippen molar-refractivity contribution in [3.8, 4) is 0 Å². The van der Waals surface area contributed by atoms with Crippen LogP contribution in [0.25, 0.3) is 0 Å². The van der Waals surface area contributed by atoms with Crippen LogP contribution in [0.3, 0.4) is 0 Å². The molecule has 0 unspecified atom stereocenters. The summed E-state index contributed by atoms with van der Waals surface area (Å²) in [6.45, 7) is 5.67. The van der Waals surface area contributed by atoms with E-state index in [0.717, 1.165) is 5.56 Å². The molecule has 2 N–H and O–H groups in total. The molecule has 5 nitrogen and oxygen atoms in total. The lowest BCUT2D eigenvalue weighted by Gasteiger charge is -2.10. The minimum atomic E-state index is -0.218. The van der Waals surface area contributed by atoms with E-state index in [0.29, 0.717) is 16.8 Å². The Bertz CT molecular complexity index is 679. The topological polar surface area (TPSA) is 71.1 Å². The molecule has 0 spiro atoms. The van der Waals surface area contributed by atoms with Gasteiger partial charge in [-0.15, -0.1) is 0 Å². The van der Waals surface area contributed by atoms with Crippen LogP contribution in [0.5, 0.6) is 0 Å². The number of carbonyl (C=O) groups excluding carboxylic acids is 2. The van der Waals surface area contributed by atoms with Gasteiger partial charge in [-0.1, -0.05) is 0 Å². The molecular formula is C17H19N3O2. The van der Waals surface area contributed by atoms with Gasteiger partial charge in [0.1, 0.15) is 0 Å². The number of aromatic nitrogens is 1. The van der Waals surface area contributed by atoms with E-state index in [1.54, 1.807) is 36.5 Å². The predicted octanol–water partition coefficient (Wildman–Crippen LogP) is 2.78. The number of hydrogen-bond acceptors (Lipinski definition) is 3. The van der Waals surface area contributed by atoms with Crippen LogP contribution in [-0.4, -0.2) is 22.8 Å². The molecule has 0 aliphatic carbocycles. The zero-order valence-electron chi connectivity index (χ0n) is 12.9. The maximum atomic E-state index is 12.2. The van der Waals surface area contributed by atoms with Crippen LogP contribution >= 0.6 is 0 Å². The van der Waals surface area contributed by atoms with E-state index >= 15 is 0 Å². The summed E-state index contributed by atoms with van der Waals surface area (Å²) in [5.74, 6) is -0.346. The molecule has 5 heteroatoms. The minimum Gasteiger partial charge on any atom is -0.350 e. The Kier molecular flexibility index (Phi) is 4.88. The fourth-order valence-corrected chi connectivity index (χ4v) is 1.95. The predicted molar refractivity (Wildman–Crippen MR) is 86.0 cm³/mol. The molecule has 2 aromatic rings. The molecule has 0 saturated carbocycles. The van der Waals surface area contributed by atoms with Crippen LogP contribution in [0, 0.1) is 6.92 Å². The lowest BCUT2D eigenvalue weighted by molar-refractivity contribution is 0.0942. The molecule has 0 saturated heterocycles. The summed E-state index contributed by atoms with van der Waals surface area (Å²) in [5, 5.41) is 5.61. The quantitative estimate of drug-likeness (QED) is 0.911. The lowest BCUT2D eigenvalue weighted by Crippen LogP contribution is -2.30. The zero-order chi connectivity index (χ0) is 16.1. The van der Waals surface area contributed by atoms with E-state index in [1.165, 1.54) is 6.20 Å². The second-order valence-electron chi connectivity index (χ2n) is 5.35. The van der Waals surface area contributed by atoms with Gasteiger partial charge in [-0.25, -0.2) is 0 Å². The van der Waals surface area contributed by atoms with E-state index in [2.05, 4.69) is 15.6 Å². The number of anilines is 1. The summed E-state index contributed by atoms with van der Waals surface area (Å²) < 4.78 is 0. The molecule has 2 rings (SSSR count). The van der Waals surface area contributed by atoms with Crippen LogP contribution in [-0.2, 0) is 0 Å². The van der Waals surface area contributed by atoms with Gasteiger partial charge < -0.3 is 10.6 Å². The summed E-state index contributed by atoms with van der Waals surface area (Å²) >= 11 is 0. The molecule has 1 aromatic carbocycles. The van der Waals surface area contributed by atoms with Gasteiger partial charge in [-0.3, -0.25) is 14.6 Å². The van der Waals surface area contributed by atoms with Crippen molar-refractivity contribution in [1.29, 1.82) is 0 Å². The normalized spacial score (nSPS) is 10.4. The van der Waals surface area contributed by atoms with Gasteiger partial charge in [0.2, 0.25) is 0 Å². The Morgan fingerprint density at radius 3 is 2.32 bits per heavy atom. The van der Waals surface area contributed by atoms with E-state index in [9.17, 15) is 9.59 Å². The highest BCUT2D eigenvalue weighted by Gasteiger charge is 2.10. The van der Waals surface area contributed by atoms with Crippen molar-refractivity contribution >= 4 is 17.5 Å². The molecule has 0 radical (unpaired) electrons. The van der Waals surface area contributed by atoms with Crippen molar-refractivity contribution in [1.82, 2.24) is 10.3 Å². The van der Waals surface area contributed by atoms with Gasteiger partial charge in [0, 0.05) is 29.7 Å². The second-order valence-corrected chi connectivity index (χ2v) is 5.35. The molecule has 114 valence electrons. The fraction of sp³-hybridized carbons (Fsp3) is 0.235. The third-order valence-corrected chi connectivity index (χ3v) is 3.11. The van der Waals surface area contributed by atoms with Gasteiger partial charge in [-0.2, -0.15) is 0 Å². The first kappa shape index (κ1) is 15.7. The van der Waals surface area contributed by atoms with E-state index in [4.69, 9.17) is 0 Å². The molecule has 0 bridgehead atoms. The van der Waals surface area contributed by atoms with Crippen molar-refractivity contribution in [2.45, 2.75) is 26.8 Å². The largest absolute Gasteiger partial charge is 0.350 e. The monoisotopic (exact) mass is 297 g/mol. The first-order chi connectivity index (χ1) is 10.5. The minimum absolute atomic E-state index is 0.0837. The number of hydrogen-bond donors (Lipinski definition) is 2. The number of pyridine rings is 1. The summed E-state index contributed by atoms with van der Waals surface area (Å²) in [6, 6.07) is 8.65. The molecule has 1 aromatic heterocycles. The number of rotatable bonds is 4. The summed E-state index contributed by atoms with van der Waals surface area (Å²) in [5.41, 5.74) is 2.59. The van der Waals surface area contributed by atoms with Gasteiger partial charge >= 0.3 is 0 Å². The Balaban J connectivity index is 2.07. The van der Waals surface area contributed by atoms with Gasteiger partial charge in [0.15, 0.2) is 0 Å². The molecule has 22 heavy (non-hydrogen) atoms. The summed E-state index contributed by atoms with van der Waals surface area (Å²) in [7, 11) is 0. The smallest absolute Gasteiger partial charge is 0.257 e. The highest BCUT2D eigenvalue weighted by molar-refractivity contribution is 6.05. The SMILES string of the molecule is Cc1ccncc1C(=O)Nc1ccc(C(=O)NC(C)C)cc1. The average molecular weight is 297 g/mol. The number of benzene rings is 1. The van der Waals surface area contributed by atoms with Gasteiger partial charge in [-0.05, 0) is 56.7 Å². The Morgan fingerprint density at radius 2 is 1.73 bits per heavy atom. The Hall–Kier alpha value is -2.69. The third-order valence-electron chi connectivity index (χ3n) is 3.11. The van der Waals surface area contributed by atoms with Gasteiger partial charge in [0.25, 0.3) is 11.8 Å². The lowest BCUT2D eigenvalue weighted by atomic mass is 10.1. The molecule has 0 fully saturated rings. The standard InChI is InChI=1S/C17H19N3O2/c1-11(2)19-16(21)13-4-6-14(7-5-13)20-17(22)15-10-18-9-8-12(15)3/h4-11H,1-3H3,(H,19,21)(H,20,22). The Morgan fingerprint density at radius 1 is 1.05 bits per heavy atom. The van der Waals surface area contributed by atoms with Crippen LogP contribution < -0.4 is 10.6 Å². The fourth-order valence-electron chi connectivity index (χ4n) is 1.95. The van der Waals surface area contributed by atoms with Crippen molar-refractivity contribution < 1.29 is 9.59 Å². The van der Waals surface area contributed by atoms with Crippen LogP contribution in [0.4, 0.5) is 5.69 Å². The van der Waals surface area contributed by atoms with Gasteiger partial charge in [0.05, 0.1) is 5.56 Å². The van der Waals surface area contributed by atoms with E-state index in [1.807, 2.05) is 20.8 Å². The van der Waals surface area contributed by atoms with E-state index in [-0.39, 0.29) is 17.9 Å². The maximum Gasteiger partial charge on any atom is 0.257 e. The summed E-state index contributed by atoms with van der Waals surface area (Å²) in [6.07, 6.45) is 3.18. The molecule has 2 amide bonds.